The molecule has 2 unspecified atom stereocenters. The molecule has 3 aliphatic rings. The van der Waals surface area contributed by atoms with E-state index in [-0.39, 0.29) is 0 Å². The van der Waals surface area contributed by atoms with Crippen molar-refractivity contribution in [2.75, 3.05) is 26.2 Å². The number of hydrogen-bond acceptors (Lipinski definition) is 2. The number of rotatable bonds is 2. The van der Waals surface area contributed by atoms with Gasteiger partial charge in [-0.1, -0.05) is 25.7 Å². The van der Waals surface area contributed by atoms with Gasteiger partial charge in [0, 0.05) is 19.5 Å². The number of hydrogen-bond donors (Lipinski definition) is 1. The number of piperidine rings is 1. The van der Waals surface area contributed by atoms with Crippen LogP contribution in [0.4, 0.5) is 0 Å². The summed E-state index contributed by atoms with van der Waals surface area (Å²) >= 11 is 0. The minimum absolute atomic E-state index is 0.442. The second-order valence-electron chi connectivity index (χ2n) is 6.87. The fourth-order valence-electron chi connectivity index (χ4n) is 4.21. The summed E-state index contributed by atoms with van der Waals surface area (Å²) < 4.78 is 0. The fourth-order valence-corrected chi connectivity index (χ4v) is 4.21. The van der Waals surface area contributed by atoms with E-state index in [1.807, 2.05) is 0 Å². The Hall–Kier alpha value is -0.570. The summed E-state index contributed by atoms with van der Waals surface area (Å²) in [5.41, 5.74) is 0. The van der Waals surface area contributed by atoms with Crippen molar-refractivity contribution in [3.63, 3.8) is 0 Å². The highest BCUT2D eigenvalue weighted by Gasteiger charge is 2.34. The molecule has 3 heteroatoms. The van der Waals surface area contributed by atoms with E-state index < -0.39 is 0 Å². The maximum Gasteiger partial charge on any atom is 0.222 e. The Morgan fingerprint density at radius 3 is 2.53 bits per heavy atom. The molecule has 1 aliphatic carbocycles. The van der Waals surface area contributed by atoms with Crippen LogP contribution in [0.15, 0.2) is 0 Å². The summed E-state index contributed by atoms with van der Waals surface area (Å²) in [6.07, 6.45) is 10.0. The molecule has 0 aromatic carbocycles. The van der Waals surface area contributed by atoms with Crippen LogP contribution >= 0.6 is 0 Å². The van der Waals surface area contributed by atoms with Gasteiger partial charge in [0.2, 0.25) is 5.91 Å². The molecule has 3 rings (SSSR count). The fraction of sp³-hybridized carbons (Fsp3) is 0.938. The van der Waals surface area contributed by atoms with Crippen LogP contribution in [0, 0.1) is 17.8 Å². The predicted octanol–water partition coefficient (Wildman–Crippen LogP) is 2.41. The van der Waals surface area contributed by atoms with Crippen LogP contribution in [0.25, 0.3) is 0 Å². The lowest BCUT2D eigenvalue weighted by Crippen LogP contribution is -2.43. The standard InChI is InChI=1S/C16H28N2O/c19-16(9-13-5-3-1-2-4-6-13)18-8-7-14-10-17-11-15(14)12-18/h13-15,17H,1-12H2. The molecule has 0 bridgehead atoms. The van der Waals surface area contributed by atoms with Crippen molar-refractivity contribution in [3.05, 3.63) is 0 Å². The van der Waals surface area contributed by atoms with Crippen LogP contribution in [0.5, 0.6) is 0 Å². The molecule has 3 nitrogen and oxygen atoms in total. The second kappa shape index (κ2) is 6.25. The molecule has 1 saturated carbocycles. The zero-order valence-corrected chi connectivity index (χ0v) is 12.1. The van der Waals surface area contributed by atoms with Gasteiger partial charge in [0.05, 0.1) is 0 Å². The first-order valence-corrected chi connectivity index (χ1v) is 8.31. The van der Waals surface area contributed by atoms with E-state index in [1.165, 1.54) is 51.5 Å². The number of carbonyl (C=O) groups is 1. The first-order valence-electron chi connectivity index (χ1n) is 8.31. The van der Waals surface area contributed by atoms with E-state index in [9.17, 15) is 4.79 Å². The van der Waals surface area contributed by atoms with Gasteiger partial charge in [0.15, 0.2) is 0 Å². The average molecular weight is 264 g/mol. The number of fused-ring (bicyclic) bond motifs is 1. The van der Waals surface area contributed by atoms with Gasteiger partial charge in [0.1, 0.15) is 0 Å². The second-order valence-corrected chi connectivity index (χ2v) is 6.87. The summed E-state index contributed by atoms with van der Waals surface area (Å²) in [4.78, 5) is 14.6. The Kier molecular flexibility index (Phi) is 4.42. The van der Waals surface area contributed by atoms with Gasteiger partial charge in [0.25, 0.3) is 0 Å². The molecular formula is C16H28N2O. The van der Waals surface area contributed by atoms with Crippen molar-refractivity contribution in [2.45, 2.75) is 51.4 Å². The number of amides is 1. The third-order valence-corrected chi connectivity index (χ3v) is 5.50. The van der Waals surface area contributed by atoms with Crippen molar-refractivity contribution >= 4 is 5.91 Å². The normalized spacial score (nSPS) is 32.9. The molecule has 0 aromatic rings. The molecular weight excluding hydrogens is 236 g/mol. The van der Waals surface area contributed by atoms with Crippen LogP contribution in [0.2, 0.25) is 0 Å². The summed E-state index contributed by atoms with van der Waals surface area (Å²) in [7, 11) is 0. The zero-order chi connectivity index (χ0) is 13.1. The Labute approximate surface area is 117 Å². The van der Waals surface area contributed by atoms with Crippen LogP contribution in [-0.4, -0.2) is 37.0 Å². The minimum atomic E-state index is 0.442. The van der Waals surface area contributed by atoms with E-state index in [4.69, 9.17) is 0 Å². The maximum atomic E-state index is 12.5. The van der Waals surface area contributed by atoms with Crippen LogP contribution in [0.1, 0.15) is 51.4 Å². The molecule has 19 heavy (non-hydrogen) atoms. The molecule has 2 saturated heterocycles. The molecule has 108 valence electrons. The lowest BCUT2D eigenvalue weighted by Gasteiger charge is -2.35. The molecule has 2 heterocycles. The van der Waals surface area contributed by atoms with Crippen molar-refractivity contribution in [1.29, 1.82) is 0 Å². The third kappa shape index (κ3) is 3.31. The first-order chi connectivity index (χ1) is 9.33. The quantitative estimate of drug-likeness (QED) is 0.777. The van der Waals surface area contributed by atoms with Crippen LogP contribution < -0.4 is 5.32 Å². The maximum absolute atomic E-state index is 12.5. The highest BCUT2D eigenvalue weighted by atomic mass is 16.2. The molecule has 1 amide bonds. The summed E-state index contributed by atoms with van der Waals surface area (Å²) in [5.74, 6) is 2.68. The third-order valence-electron chi connectivity index (χ3n) is 5.50. The van der Waals surface area contributed by atoms with E-state index >= 15 is 0 Å². The lowest BCUT2D eigenvalue weighted by atomic mass is 9.88. The molecule has 0 radical (unpaired) electrons. The number of nitrogens with zero attached hydrogens (tertiary/aromatic N) is 1. The van der Waals surface area contributed by atoms with Gasteiger partial charge in [-0.25, -0.2) is 0 Å². The smallest absolute Gasteiger partial charge is 0.222 e. The van der Waals surface area contributed by atoms with E-state index in [1.54, 1.807) is 0 Å². The molecule has 0 spiro atoms. The molecule has 2 atom stereocenters. The predicted molar refractivity (Wildman–Crippen MR) is 76.9 cm³/mol. The van der Waals surface area contributed by atoms with Crippen LogP contribution in [-0.2, 0) is 4.79 Å². The SMILES string of the molecule is O=C(CC1CCCCCC1)N1CCC2CNCC2C1. The Morgan fingerprint density at radius 1 is 1.00 bits per heavy atom. The molecule has 1 N–H and O–H groups in total. The van der Waals surface area contributed by atoms with E-state index in [2.05, 4.69) is 10.2 Å². The summed E-state index contributed by atoms with van der Waals surface area (Å²) in [6, 6.07) is 0. The van der Waals surface area contributed by atoms with Gasteiger partial charge >= 0.3 is 0 Å². The van der Waals surface area contributed by atoms with Gasteiger partial charge in [-0.2, -0.15) is 0 Å². The van der Waals surface area contributed by atoms with Crippen LogP contribution in [0.3, 0.4) is 0 Å². The van der Waals surface area contributed by atoms with Crippen molar-refractivity contribution in [3.8, 4) is 0 Å². The van der Waals surface area contributed by atoms with E-state index in [0.717, 1.165) is 37.9 Å². The Bertz CT molecular complexity index is 310. The number of nitrogens with one attached hydrogen (secondary N) is 1. The highest BCUT2D eigenvalue weighted by Crippen LogP contribution is 2.29. The topological polar surface area (TPSA) is 32.3 Å². The van der Waals surface area contributed by atoms with Gasteiger partial charge in [-0.3, -0.25) is 4.79 Å². The number of carbonyl (C=O) groups excluding carboxylic acids is 1. The molecule has 3 fully saturated rings. The van der Waals surface area contributed by atoms with Crippen molar-refractivity contribution < 1.29 is 4.79 Å². The zero-order valence-electron chi connectivity index (χ0n) is 12.1. The monoisotopic (exact) mass is 264 g/mol. The lowest BCUT2D eigenvalue weighted by molar-refractivity contribution is -0.134. The largest absolute Gasteiger partial charge is 0.342 e. The number of likely N-dealkylation sites (tertiary alicyclic amines) is 1. The van der Waals surface area contributed by atoms with Gasteiger partial charge < -0.3 is 10.2 Å². The van der Waals surface area contributed by atoms with E-state index in [0.29, 0.717) is 11.8 Å². The first kappa shape index (κ1) is 13.4. The molecule has 0 aromatic heterocycles. The molecule has 2 aliphatic heterocycles. The summed E-state index contributed by atoms with van der Waals surface area (Å²) in [6.45, 7) is 4.32. The highest BCUT2D eigenvalue weighted by molar-refractivity contribution is 5.76. The average Bonchev–Trinajstić information content (AvgIpc) is 2.75. The van der Waals surface area contributed by atoms with Gasteiger partial charge in [-0.15, -0.1) is 0 Å². The Balaban J connectivity index is 1.49. The van der Waals surface area contributed by atoms with Crippen molar-refractivity contribution in [1.82, 2.24) is 10.2 Å². The summed E-state index contributed by atoms with van der Waals surface area (Å²) in [5, 5.41) is 3.48. The Morgan fingerprint density at radius 2 is 1.74 bits per heavy atom. The minimum Gasteiger partial charge on any atom is -0.342 e. The van der Waals surface area contributed by atoms with Crippen molar-refractivity contribution in [2.24, 2.45) is 17.8 Å². The van der Waals surface area contributed by atoms with Gasteiger partial charge in [-0.05, 0) is 50.1 Å².